The van der Waals surface area contributed by atoms with E-state index in [0.717, 1.165) is 37.5 Å². The van der Waals surface area contributed by atoms with Crippen LogP contribution in [0.4, 0.5) is 5.69 Å². The van der Waals surface area contributed by atoms with Gasteiger partial charge in [-0.05, 0) is 48.9 Å². The minimum Gasteiger partial charge on any atom is -0.497 e. The van der Waals surface area contributed by atoms with Crippen LogP contribution in [0, 0.1) is 6.92 Å². The lowest BCUT2D eigenvalue weighted by atomic mass is 10.1. The van der Waals surface area contributed by atoms with Gasteiger partial charge in [-0.2, -0.15) is 0 Å². The van der Waals surface area contributed by atoms with Gasteiger partial charge in [0.2, 0.25) is 0 Å². The van der Waals surface area contributed by atoms with Crippen molar-refractivity contribution >= 4 is 11.6 Å². The highest BCUT2D eigenvalue weighted by atomic mass is 16.5. The molecule has 0 radical (unpaired) electrons. The number of benzene rings is 2. The predicted octanol–water partition coefficient (Wildman–Crippen LogP) is 2.97. The van der Waals surface area contributed by atoms with E-state index in [1.54, 1.807) is 7.11 Å². The predicted molar refractivity (Wildman–Crippen MR) is 92.3 cm³/mol. The molecule has 4 nitrogen and oxygen atoms in total. The molecule has 1 fully saturated rings. The van der Waals surface area contributed by atoms with Crippen LogP contribution in [0.2, 0.25) is 0 Å². The van der Waals surface area contributed by atoms with Gasteiger partial charge >= 0.3 is 0 Å². The van der Waals surface area contributed by atoms with Gasteiger partial charge in [-0.25, -0.2) is 0 Å². The zero-order valence-electron chi connectivity index (χ0n) is 13.7. The number of amides is 1. The van der Waals surface area contributed by atoms with Crippen LogP contribution < -0.4 is 9.64 Å². The molecule has 1 aliphatic heterocycles. The van der Waals surface area contributed by atoms with Crippen LogP contribution in [-0.4, -0.2) is 44.1 Å². The van der Waals surface area contributed by atoms with Gasteiger partial charge in [-0.15, -0.1) is 0 Å². The van der Waals surface area contributed by atoms with Crippen LogP contribution in [0.5, 0.6) is 5.75 Å². The summed E-state index contributed by atoms with van der Waals surface area (Å²) in [6.45, 7) is 5.33. The van der Waals surface area contributed by atoms with Crippen molar-refractivity contribution in [3.8, 4) is 5.75 Å². The fraction of sp³-hybridized carbons (Fsp3) is 0.316. The Morgan fingerprint density at radius 3 is 2.30 bits per heavy atom. The van der Waals surface area contributed by atoms with Crippen molar-refractivity contribution in [3.63, 3.8) is 0 Å². The lowest BCUT2D eigenvalue weighted by molar-refractivity contribution is 0.0747. The molecule has 0 aromatic heterocycles. The van der Waals surface area contributed by atoms with Crippen molar-refractivity contribution in [3.05, 3.63) is 59.7 Å². The first-order valence-electron chi connectivity index (χ1n) is 7.92. The maximum absolute atomic E-state index is 12.6. The topological polar surface area (TPSA) is 32.8 Å². The molecule has 23 heavy (non-hydrogen) atoms. The third kappa shape index (κ3) is 3.47. The van der Waals surface area contributed by atoms with E-state index in [9.17, 15) is 4.79 Å². The molecule has 4 heteroatoms. The number of ether oxygens (including phenoxy) is 1. The van der Waals surface area contributed by atoms with Gasteiger partial charge in [-0.3, -0.25) is 4.79 Å². The standard InChI is InChI=1S/C19H22N2O2/c1-15-4-3-5-17(14-15)20-10-12-21(13-11-20)19(22)16-6-8-18(23-2)9-7-16/h3-9,14H,10-13H2,1-2H3. The van der Waals surface area contributed by atoms with Crippen LogP contribution in [0.3, 0.4) is 0 Å². The van der Waals surface area contributed by atoms with Gasteiger partial charge in [0.25, 0.3) is 5.91 Å². The van der Waals surface area contributed by atoms with Crippen LogP contribution in [-0.2, 0) is 0 Å². The molecule has 0 aliphatic carbocycles. The van der Waals surface area contributed by atoms with Gasteiger partial charge in [0.15, 0.2) is 0 Å². The number of rotatable bonds is 3. The third-order valence-electron chi connectivity index (χ3n) is 4.27. The molecule has 1 aliphatic rings. The molecule has 3 rings (SSSR count). The summed E-state index contributed by atoms with van der Waals surface area (Å²) < 4.78 is 5.14. The normalized spacial score (nSPS) is 14.7. The number of nitrogens with zero attached hydrogens (tertiary/aromatic N) is 2. The van der Waals surface area contributed by atoms with Gasteiger partial charge in [0.1, 0.15) is 5.75 Å². The van der Waals surface area contributed by atoms with Crippen LogP contribution in [0.1, 0.15) is 15.9 Å². The Bertz CT molecular complexity index is 674. The summed E-state index contributed by atoms with van der Waals surface area (Å²) in [7, 11) is 1.63. The Hall–Kier alpha value is -2.49. The summed E-state index contributed by atoms with van der Waals surface area (Å²) in [4.78, 5) is 16.8. The van der Waals surface area contributed by atoms with Gasteiger partial charge in [0.05, 0.1) is 7.11 Å². The molecule has 0 unspecified atom stereocenters. The molecule has 2 aromatic rings. The van der Waals surface area contributed by atoms with E-state index in [0.29, 0.717) is 0 Å². The lowest BCUT2D eigenvalue weighted by Crippen LogP contribution is -2.48. The maximum atomic E-state index is 12.6. The number of hydrogen-bond donors (Lipinski definition) is 0. The van der Waals surface area contributed by atoms with Crippen LogP contribution >= 0.6 is 0 Å². The molecule has 0 spiro atoms. The summed E-state index contributed by atoms with van der Waals surface area (Å²) in [5.74, 6) is 0.863. The van der Waals surface area contributed by atoms with E-state index < -0.39 is 0 Å². The smallest absolute Gasteiger partial charge is 0.253 e. The van der Waals surface area contributed by atoms with E-state index in [-0.39, 0.29) is 5.91 Å². The molecule has 0 saturated carbocycles. The lowest BCUT2D eigenvalue weighted by Gasteiger charge is -2.36. The van der Waals surface area contributed by atoms with E-state index in [1.807, 2.05) is 29.2 Å². The zero-order chi connectivity index (χ0) is 16.2. The molecule has 0 bridgehead atoms. The van der Waals surface area contributed by atoms with Crippen molar-refractivity contribution in [1.82, 2.24) is 4.90 Å². The number of hydrogen-bond acceptors (Lipinski definition) is 3. The second-order valence-corrected chi connectivity index (χ2v) is 5.85. The van der Waals surface area contributed by atoms with Crippen molar-refractivity contribution in [2.45, 2.75) is 6.92 Å². The minimum absolute atomic E-state index is 0.0940. The van der Waals surface area contributed by atoms with E-state index in [2.05, 4.69) is 36.1 Å². The Morgan fingerprint density at radius 2 is 1.70 bits per heavy atom. The van der Waals surface area contributed by atoms with E-state index >= 15 is 0 Å². The monoisotopic (exact) mass is 310 g/mol. The number of carbonyl (C=O) groups is 1. The number of aryl methyl sites for hydroxylation is 1. The Balaban J connectivity index is 1.62. The number of methoxy groups -OCH3 is 1. The highest BCUT2D eigenvalue weighted by Crippen LogP contribution is 2.19. The Kier molecular flexibility index (Phi) is 4.51. The third-order valence-corrected chi connectivity index (χ3v) is 4.27. The fourth-order valence-corrected chi connectivity index (χ4v) is 2.91. The summed E-state index contributed by atoms with van der Waals surface area (Å²) in [5, 5.41) is 0. The summed E-state index contributed by atoms with van der Waals surface area (Å²) in [5.41, 5.74) is 3.22. The van der Waals surface area contributed by atoms with Gasteiger partial charge in [-0.1, -0.05) is 12.1 Å². The zero-order valence-corrected chi connectivity index (χ0v) is 13.7. The van der Waals surface area contributed by atoms with Gasteiger partial charge in [0, 0.05) is 37.4 Å². The highest BCUT2D eigenvalue weighted by molar-refractivity contribution is 5.94. The quantitative estimate of drug-likeness (QED) is 0.874. The van der Waals surface area contributed by atoms with Crippen LogP contribution in [0.25, 0.3) is 0 Å². The first kappa shape index (κ1) is 15.4. The second kappa shape index (κ2) is 6.73. The fourth-order valence-electron chi connectivity index (χ4n) is 2.91. The first-order chi connectivity index (χ1) is 11.2. The van der Waals surface area contributed by atoms with Crippen LogP contribution in [0.15, 0.2) is 48.5 Å². The van der Waals surface area contributed by atoms with Gasteiger partial charge < -0.3 is 14.5 Å². The first-order valence-corrected chi connectivity index (χ1v) is 7.92. The number of piperazine rings is 1. The second-order valence-electron chi connectivity index (χ2n) is 5.85. The van der Waals surface area contributed by atoms with Crippen molar-refractivity contribution < 1.29 is 9.53 Å². The molecule has 0 atom stereocenters. The molecular formula is C19H22N2O2. The Morgan fingerprint density at radius 1 is 1.00 bits per heavy atom. The SMILES string of the molecule is COc1ccc(C(=O)N2CCN(c3cccc(C)c3)CC2)cc1. The van der Waals surface area contributed by atoms with Crippen molar-refractivity contribution in [1.29, 1.82) is 0 Å². The molecule has 1 heterocycles. The summed E-state index contributed by atoms with van der Waals surface area (Å²) in [6, 6.07) is 15.8. The van der Waals surface area contributed by atoms with E-state index in [4.69, 9.17) is 4.74 Å². The van der Waals surface area contributed by atoms with Crippen molar-refractivity contribution in [2.24, 2.45) is 0 Å². The molecule has 1 amide bonds. The molecule has 2 aromatic carbocycles. The minimum atomic E-state index is 0.0940. The summed E-state index contributed by atoms with van der Waals surface area (Å²) >= 11 is 0. The number of anilines is 1. The Labute approximate surface area is 137 Å². The molecular weight excluding hydrogens is 288 g/mol. The van der Waals surface area contributed by atoms with E-state index in [1.165, 1.54) is 11.3 Å². The van der Waals surface area contributed by atoms with Crippen molar-refractivity contribution in [2.75, 3.05) is 38.2 Å². The average Bonchev–Trinajstić information content (AvgIpc) is 2.61. The largest absolute Gasteiger partial charge is 0.497 e. The highest BCUT2D eigenvalue weighted by Gasteiger charge is 2.22. The average molecular weight is 310 g/mol. The summed E-state index contributed by atoms with van der Waals surface area (Å²) in [6.07, 6.45) is 0. The molecule has 1 saturated heterocycles. The maximum Gasteiger partial charge on any atom is 0.253 e. The number of carbonyl (C=O) groups excluding carboxylic acids is 1. The molecule has 0 N–H and O–H groups in total. The molecule has 120 valence electrons.